The van der Waals surface area contributed by atoms with E-state index >= 15 is 0 Å². The number of aliphatic imine (C=N–C) groups is 1. The molecule has 0 aromatic heterocycles. The quantitative estimate of drug-likeness (QED) is 0.300. The van der Waals surface area contributed by atoms with E-state index in [1.807, 2.05) is 6.08 Å². The van der Waals surface area contributed by atoms with E-state index in [1.165, 1.54) is 5.01 Å². The lowest BCUT2D eigenvalue weighted by molar-refractivity contribution is 0.107. The summed E-state index contributed by atoms with van der Waals surface area (Å²) in [5.41, 5.74) is 2.06. The van der Waals surface area contributed by atoms with Gasteiger partial charge in [0.05, 0.1) is 6.54 Å². The minimum atomic E-state index is -0.382. The van der Waals surface area contributed by atoms with Crippen molar-refractivity contribution in [3.05, 3.63) is 24.2 Å². The summed E-state index contributed by atoms with van der Waals surface area (Å²) in [5, 5.41) is 3.09. The molecule has 2 aliphatic rings. The maximum Gasteiger partial charge on any atom is 0.354 e. The van der Waals surface area contributed by atoms with Gasteiger partial charge in [-0.1, -0.05) is 0 Å². The fourth-order valence-corrected chi connectivity index (χ4v) is 1.23. The fourth-order valence-electron chi connectivity index (χ4n) is 1.23. The lowest BCUT2D eigenvalue weighted by Gasteiger charge is -2.31. The topological polar surface area (TPSA) is 74.0 Å². The van der Waals surface area contributed by atoms with Crippen LogP contribution in [0, 0.1) is 0 Å². The van der Waals surface area contributed by atoms with Gasteiger partial charge >= 0.3 is 6.03 Å². The number of fused-ring (bicyclic) bond motifs is 1. The standard InChI is InChI=1S/C7H9N5O/c8-10-7(13)12-4-1-2-6-9-3-5-11(6)12/h1-4H,5,8H2,(H,10,13). The molecule has 2 amide bonds. The van der Waals surface area contributed by atoms with Crippen molar-refractivity contribution in [1.82, 2.24) is 15.4 Å². The van der Waals surface area contributed by atoms with E-state index in [9.17, 15) is 4.79 Å². The van der Waals surface area contributed by atoms with Gasteiger partial charge in [-0.05, 0) is 12.2 Å². The number of carbonyl (C=O) groups excluding carboxylic acids is 1. The van der Waals surface area contributed by atoms with Crippen molar-refractivity contribution in [1.29, 1.82) is 0 Å². The molecule has 0 fully saturated rings. The van der Waals surface area contributed by atoms with Gasteiger partial charge in [-0.3, -0.25) is 10.4 Å². The van der Waals surface area contributed by atoms with Crippen molar-refractivity contribution in [3.8, 4) is 0 Å². The number of nitrogens with two attached hydrogens (primary N) is 1. The second kappa shape index (κ2) is 2.91. The summed E-state index contributed by atoms with van der Waals surface area (Å²) in [4.78, 5) is 15.3. The Morgan fingerprint density at radius 1 is 1.69 bits per heavy atom. The Balaban J connectivity index is 2.21. The van der Waals surface area contributed by atoms with Crippen LogP contribution in [-0.4, -0.2) is 28.8 Å². The number of allylic oxidation sites excluding steroid dienone is 2. The molecule has 3 N–H and O–H groups in total. The monoisotopic (exact) mass is 179 g/mol. The highest BCUT2D eigenvalue weighted by molar-refractivity contribution is 5.76. The zero-order valence-corrected chi connectivity index (χ0v) is 6.84. The Morgan fingerprint density at radius 2 is 2.54 bits per heavy atom. The van der Waals surface area contributed by atoms with Crippen molar-refractivity contribution >= 4 is 12.2 Å². The van der Waals surface area contributed by atoms with Gasteiger partial charge in [-0.15, -0.1) is 0 Å². The van der Waals surface area contributed by atoms with E-state index < -0.39 is 0 Å². The highest BCUT2D eigenvalue weighted by Crippen LogP contribution is 2.18. The molecular weight excluding hydrogens is 170 g/mol. The molecule has 2 aliphatic heterocycles. The fraction of sp³-hybridized carbons (Fsp3) is 0.143. The Kier molecular flexibility index (Phi) is 1.75. The summed E-state index contributed by atoms with van der Waals surface area (Å²) in [6.45, 7) is 0.587. The van der Waals surface area contributed by atoms with Crippen LogP contribution in [-0.2, 0) is 0 Å². The van der Waals surface area contributed by atoms with Crippen molar-refractivity contribution in [2.75, 3.05) is 6.54 Å². The summed E-state index contributed by atoms with van der Waals surface area (Å²) in [7, 11) is 0. The predicted molar refractivity (Wildman–Crippen MR) is 47.0 cm³/mol. The van der Waals surface area contributed by atoms with Gasteiger partial charge in [0.1, 0.15) is 5.82 Å². The molecule has 0 aromatic rings. The molecule has 0 radical (unpaired) electrons. The summed E-state index contributed by atoms with van der Waals surface area (Å²) in [6.07, 6.45) is 6.92. The summed E-state index contributed by atoms with van der Waals surface area (Å²) >= 11 is 0. The molecule has 0 saturated heterocycles. The molecule has 13 heavy (non-hydrogen) atoms. The smallest absolute Gasteiger partial charge is 0.274 e. The van der Waals surface area contributed by atoms with Crippen LogP contribution >= 0.6 is 0 Å². The summed E-state index contributed by atoms with van der Waals surface area (Å²) in [6, 6.07) is -0.382. The van der Waals surface area contributed by atoms with Crippen molar-refractivity contribution in [2.24, 2.45) is 10.8 Å². The van der Waals surface area contributed by atoms with Crippen molar-refractivity contribution < 1.29 is 4.79 Å². The molecule has 0 atom stereocenters. The van der Waals surface area contributed by atoms with Gasteiger partial charge in [0, 0.05) is 12.4 Å². The molecule has 0 aromatic carbocycles. The number of nitrogens with one attached hydrogen (secondary N) is 1. The van der Waals surface area contributed by atoms with Crippen molar-refractivity contribution in [3.63, 3.8) is 0 Å². The van der Waals surface area contributed by atoms with Gasteiger partial charge in [-0.2, -0.15) is 0 Å². The third-order valence-electron chi connectivity index (χ3n) is 1.81. The van der Waals surface area contributed by atoms with E-state index in [2.05, 4.69) is 10.4 Å². The first-order chi connectivity index (χ1) is 6.33. The first-order valence-electron chi connectivity index (χ1n) is 3.81. The number of hydrazine groups is 2. The lowest BCUT2D eigenvalue weighted by Crippen LogP contribution is -2.49. The normalized spacial score (nSPS) is 18.7. The second-order valence-corrected chi connectivity index (χ2v) is 2.55. The first kappa shape index (κ1) is 7.81. The second-order valence-electron chi connectivity index (χ2n) is 2.55. The Bertz CT molecular complexity index is 319. The Labute approximate surface area is 74.9 Å². The summed E-state index contributed by atoms with van der Waals surface area (Å²) < 4.78 is 0. The molecule has 0 aliphatic carbocycles. The number of amides is 2. The molecule has 0 unspecified atom stereocenters. The molecule has 2 heterocycles. The third-order valence-corrected chi connectivity index (χ3v) is 1.81. The molecule has 6 heteroatoms. The van der Waals surface area contributed by atoms with Crippen LogP contribution in [0.1, 0.15) is 0 Å². The zero-order valence-electron chi connectivity index (χ0n) is 6.84. The largest absolute Gasteiger partial charge is 0.354 e. The molecule has 2 rings (SSSR count). The molecular formula is C7H9N5O. The van der Waals surface area contributed by atoms with E-state index in [-0.39, 0.29) is 6.03 Å². The molecule has 0 spiro atoms. The SMILES string of the molecule is NNC(=O)N1C=CC=C2N=CCN21. The predicted octanol–water partition coefficient (Wildman–Crippen LogP) is -0.458. The van der Waals surface area contributed by atoms with E-state index in [1.54, 1.807) is 23.5 Å². The van der Waals surface area contributed by atoms with Gasteiger partial charge in [0.25, 0.3) is 0 Å². The molecule has 6 nitrogen and oxygen atoms in total. The molecule has 68 valence electrons. The maximum atomic E-state index is 11.2. The average Bonchev–Trinajstić information content (AvgIpc) is 2.63. The number of urea groups is 1. The van der Waals surface area contributed by atoms with E-state index in [4.69, 9.17) is 5.84 Å². The lowest BCUT2D eigenvalue weighted by atomic mass is 10.4. The molecule has 0 bridgehead atoms. The highest BCUT2D eigenvalue weighted by Gasteiger charge is 2.24. The number of nitrogens with zero attached hydrogens (tertiary/aromatic N) is 3. The first-order valence-corrected chi connectivity index (χ1v) is 3.81. The number of hydrogen-bond acceptors (Lipinski definition) is 4. The number of carbonyl (C=O) groups is 1. The Hall–Kier alpha value is -1.82. The van der Waals surface area contributed by atoms with Gasteiger partial charge < -0.3 is 0 Å². The van der Waals surface area contributed by atoms with Crippen LogP contribution in [0.2, 0.25) is 0 Å². The zero-order chi connectivity index (χ0) is 9.26. The highest BCUT2D eigenvalue weighted by atomic mass is 16.2. The Morgan fingerprint density at radius 3 is 3.31 bits per heavy atom. The minimum Gasteiger partial charge on any atom is -0.274 e. The van der Waals surface area contributed by atoms with Crippen LogP contribution in [0.3, 0.4) is 0 Å². The van der Waals surface area contributed by atoms with Crippen LogP contribution in [0.25, 0.3) is 0 Å². The molecule has 0 saturated carbocycles. The van der Waals surface area contributed by atoms with E-state index in [0.717, 1.165) is 5.82 Å². The van der Waals surface area contributed by atoms with Gasteiger partial charge in [-0.25, -0.2) is 20.6 Å². The average molecular weight is 179 g/mol. The number of hydrogen-bond donors (Lipinski definition) is 2. The van der Waals surface area contributed by atoms with E-state index in [0.29, 0.717) is 6.54 Å². The number of rotatable bonds is 0. The summed E-state index contributed by atoms with van der Waals surface area (Å²) in [5.74, 6) is 5.77. The van der Waals surface area contributed by atoms with Crippen LogP contribution in [0.4, 0.5) is 4.79 Å². The van der Waals surface area contributed by atoms with Gasteiger partial charge in [0.2, 0.25) is 0 Å². The van der Waals surface area contributed by atoms with Crippen LogP contribution in [0.15, 0.2) is 29.2 Å². The third kappa shape index (κ3) is 1.17. The van der Waals surface area contributed by atoms with Crippen molar-refractivity contribution in [2.45, 2.75) is 0 Å². The van der Waals surface area contributed by atoms with Crippen LogP contribution < -0.4 is 11.3 Å². The minimum absolute atomic E-state index is 0.382. The van der Waals surface area contributed by atoms with Gasteiger partial charge in [0.15, 0.2) is 0 Å². The maximum absolute atomic E-state index is 11.2. The van der Waals surface area contributed by atoms with Crippen LogP contribution in [0.5, 0.6) is 0 Å².